The molecular weight excluding hydrogens is 234 g/mol. The Balaban J connectivity index is 2.19. The molecule has 2 N–H and O–H groups in total. The lowest BCUT2D eigenvalue weighted by atomic mass is 10.1. The first-order valence-electron chi connectivity index (χ1n) is 6.19. The summed E-state index contributed by atoms with van der Waals surface area (Å²) in [5.41, 5.74) is -0.115. The molecule has 0 radical (unpaired) electrons. The number of aliphatic hydroxyl groups excluding tert-OH is 1. The van der Waals surface area contributed by atoms with E-state index in [0.717, 1.165) is 31.9 Å². The highest BCUT2D eigenvalue weighted by molar-refractivity contribution is 5.92. The molecule has 0 bridgehead atoms. The van der Waals surface area contributed by atoms with Crippen LogP contribution in [-0.4, -0.2) is 45.1 Å². The third-order valence-electron chi connectivity index (χ3n) is 3.24. The summed E-state index contributed by atoms with van der Waals surface area (Å²) in [4.78, 5) is 31.1. The Kier molecular flexibility index (Phi) is 4.09. The molecule has 1 saturated heterocycles. The second-order valence-electron chi connectivity index (χ2n) is 4.48. The Morgan fingerprint density at radius 2 is 2.33 bits per heavy atom. The van der Waals surface area contributed by atoms with Gasteiger partial charge in [-0.15, -0.1) is 0 Å². The Morgan fingerprint density at radius 1 is 1.50 bits per heavy atom. The Morgan fingerprint density at radius 3 is 3.00 bits per heavy atom. The number of rotatable bonds is 2. The predicted molar refractivity (Wildman–Crippen MR) is 65.2 cm³/mol. The number of carbonyl (C=O) groups excluding carboxylic acids is 1. The number of nitrogens with zero attached hydrogens (tertiary/aromatic N) is 2. The van der Waals surface area contributed by atoms with E-state index in [2.05, 4.69) is 9.97 Å². The molecule has 2 heterocycles. The SMILES string of the molecule is O=C(c1c[nH]c(=O)cn1)N1CCCCCC1CO. The third kappa shape index (κ3) is 2.76. The first-order valence-corrected chi connectivity index (χ1v) is 6.19. The number of hydrogen-bond donors (Lipinski definition) is 2. The van der Waals surface area contributed by atoms with Gasteiger partial charge in [0.15, 0.2) is 0 Å². The summed E-state index contributed by atoms with van der Waals surface area (Å²) < 4.78 is 0. The van der Waals surface area contributed by atoms with Crippen LogP contribution in [0.15, 0.2) is 17.2 Å². The maximum absolute atomic E-state index is 12.3. The Bertz CT molecular complexity index is 451. The zero-order valence-corrected chi connectivity index (χ0v) is 10.1. The summed E-state index contributed by atoms with van der Waals surface area (Å²) in [7, 11) is 0. The van der Waals surface area contributed by atoms with Gasteiger partial charge in [-0.1, -0.05) is 12.8 Å². The van der Waals surface area contributed by atoms with Crippen LogP contribution in [0.25, 0.3) is 0 Å². The van der Waals surface area contributed by atoms with Gasteiger partial charge in [-0.3, -0.25) is 9.59 Å². The van der Waals surface area contributed by atoms with Crippen LogP contribution in [0, 0.1) is 0 Å². The van der Waals surface area contributed by atoms with Crippen molar-refractivity contribution in [2.24, 2.45) is 0 Å². The van der Waals surface area contributed by atoms with Gasteiger partial charge in [0.1, 0.15) is 5.69 Å². The van der Waals surface area contributed by atoms with Crippen molar-refractivity contribution in [2.45, 2.75) is 31.7 Å². The number of aromatic amines is 1. The maximum atomic E-state index is 12.3. The van der Waals surface area contributed by atoms with E-state index >= 15 is 0 Å². The monoisotopic (exact) mass is 251 g/mol. The van der Waals surface area contributed by atoms with Gasteiger partial charge in [0.25, 0.3) is 11.5 Å². The number of likely N-dealkylation sites (tertiary alicyclic amines) is 1. The fraction of sp³-hybridized carbons (Fsp3) is 0.583. The van der Waals surface area contributed by atoms with Crippen LogP contribution >= 0.6 is 0 Å². The van der Waals surface area contributed by atoms with Gasteiger partial charge < -0.3 is 15.0 Å². The normalized spacial score (nSPS) is 20.5. The minimum Gasteiger partial charge on any atom is -0.394 e. The Hall–Kier alpha value is -1.69. The van der Waals surface area contributed by atoms with Gasteiger partial charge in [0.2, 0.25) is 0 Å². The molecule has 1 aliphatic heterocycles. The number of hydrogen-bond acceptors (Lipinski definition) is 4. The van der Waals surface area contributed by atoms with Crippen LogP contribution in [0.1, 0.15) is 36.2 Å². The fourth-order valence-corrected chi connectivity index (χ4v) is 2.24. The summed E-state index contributed by atoms with van der Waals surface area (Å²) in [5.74, 6) is -0.229. The lowest BCUT2D eigenvalue weighted by Crippen LogP contribution is -2.42. The zero-order valence-electron chi connectivity index (χ0n) is 10.1. The number of amides is 1. The molecule has 18 heavy (non-hydrogen) atoms. The molecule has 2 rings (SSSR count). The van der Waals surface area contributed by atoms with E-state index in [0.29, 0.717) is 6.54 Å². The van der Waals surface area contributed by atoms with E-state index in [1.165, 1.54) is 6.20 Å². The second-order valence-corrected chi connectivity index (χ2v) is 4.48. The molecule has 1 aliphatic rings. The standard InChI is InChI=1S/C12H17N3O3/c16-8-9-4-2-1-3-5-15(9)12(18)10-6-14-11(17)7-13-10/h6-7,9,16H,1-5,8H2,(H,14,17). The van der Waals surface area contributed by atoms with E-state index in [1.807, 2.05) is 0 Å². The van der Waals surface area contributed by atoms with Gasteiger partial charge in [0, 0.05) is 12.7 Å². The van der Waals surface area contributed by atoms with Crippen LogP contribution in [0.5, 0.6) is 0 Å². The van der Waals surface area contributed by atoms with Crippen molar-refractivity contribution in [3.8, 4) is 0 Å². The number of carbonyl (C=O) groups is 1. The van der Waals surface area contributed by atoms with E-state index in [4.69, 9.17) is 0 Å². The summed E-state index contributed by atoms with van der Waals surface area (Å²) in [6, 6.07) is -0.145. The van der Waals surface area contributed by atoms with Crippen LogP contribution in [0.4, 0.5) is 0 Å². The average molecular weight is 251 g/mol. The van der Waals surface area contributed by atoms with E-state index < -0.39 is 0 Å². The summed E-state index contributed by atoms with van der Waals surface area (Å²) in [5, 5.41) is 9.35. The van der Waals surface area contributed by atoms with Gasteiger partial charge in [0.05, 0.1) is 18.8 Å². The predicted octanol–water partition coefficient (Wildman–Crippen LogP) is 0.147. The molecule has 6 heteroatoms. The van der Waals surface area contributed by atoms with Crippen molar-refractivity contribution in [1.29, 1.82) is 0 Å². The van der Waals surface area contributed by atoms with Gasteiger partial charge in [-0.25, -0.2) is 4.98 Å². The van der Waals surface area contributed by atoms with Crippen molar-refractivity contribution in [3.05, 3.63) is 28.4 Å². The highest BCUT2D eigenvalue weighted by atomic mass is 16.3. The lowest BCUT2D eigenvalue weighted by Gasteiger charge is -2.28. The second kappa shape index (κ2) is 5.77. The van der Waals surface area contributed by atoms with Gasteiger partial charge >= 0.3 is 0 Å². The van der Waals surface area contributed by atoms with Crippen molar-refractivity contribution in [3.63, 3.8) is 0 Å². The van der Waals surface area contributed by atoms with Crippen LogP contribution in [-0.2, 0) is 0 Å². The molecule has 1 aromatic heterocycles. The third-order valence-corrected chi connectivity index (χ3v) is 3.24. The zero-order chi connectivity index (χ0) is 13.0. The number of aliphatic hydroxyl groups is 1. The summed E-state index contributed by atoms with van der Waals surface area (Å²) in [6.07, 6.45) is 6.26. The van der Waals surface area contributed by atoms with Gasteiger partial charge in [-0.05, 0) is 12.8 Å². The number of H-pyrrole nitrogens is 1. The molecular formula is C12H17N3O3. The van der Waals surface area contributed by atoms with Crippen molar-refractivity contribution < 1.29 is 9.90 Å². The number of nitrogens with one attached hydrogen (secondary N) is 1. The highest BCUT2D eigenvalue weighted by Crippen LogP contribution is 2.18. The van der Waals surface area contributed by atoms with E-state index in [-0.39, 0.29) is 29.8 Å². The van der Waals surface area contributed by atoms with Crippen LogP contribution < -0.4 is 5.56 Å². The summed E-state index contributed by atoms with van der Waals surface area (Å²) in [6.45, 7) is 0.597. The maximum Gasteiger partial charge on any atom is 0.274 e. The van der Waals surface area contributed by atoms with E-state index in [1.54, 1.807) is 4.90 Å². The summed E-state index contributed by atoms with van der Waals surface area (Å²) >= 11 is 0. The van der Waals surface area contributed by atoms with Crippen LogP contribution in [0.3, 0.4) is 0 Å². The first-order chi connectivity index (χ1) is 8.72. The minimum atomic E-state index is -0.332. The average Bonchev–Trinajstić information content (AvgIpc) is 2.63. The fourth-order valence-electron chi connectivity index (χ4n) is 2.24. The molecule has 1 aromatic rings. The minimum absolute atomic E-state index is 0.0326. The number of aromatic nitrogens is 2. The van der Waals surface area contributed by atoms with Crippen molar-refractivity contribution in [1.82, 2.24) is 14.9 Å². The molecule has 1 fully saturated rings. The smallest absolute Gasteiger partial charge is 0.274 e. The Labute approximate surface area is 105 Å². The molecule has 1 unspecified atom stereocenters. The molecule has 0 aromatic carbocycles. The molecule has 6 nitrogen and oxygen atoms in total. The molecule has 98 valence electrons. The van der Waals surface area contributed by atoms with Crippen LogP contribution in [0.2, 0.25) is 0 Å². The molecule has 0 saturated carbocycles. The van der Waals surface area contributed by atoms with E-state index in [9.17, 15) is 14.7 Å². The van der Waals surface area contributed by atoms with Gasteiger partial charge in [-0.2, -0.15) is 0 Å². The molecule has 0 aliphatic carbocycles. The lowest BCUT2D eigenvalue weighted by molar-refractivity contribution is 0.0593. The topological polar surface area (TPSA) is 86.3 Å². The van der Waals surface area contributed by atoms with Crippen molar-refractivity contribution >= 4 is 5.91 Å². The molecule has 1 amide bonds. The quantitative estimate of drug-likeness (QED) is 0.783. The van der Waals surface area contributed by atoms with Crippen molar-refractivity contribution in [2.75, 3.05) is 13.2 Å². The highest BCUT2D eigenvalue weighted by Gasteiger charge is 2.26. The first kappa shape index (κ1) is 12.8. The molecule has 0 spiro atoms. The molecule has 1 atom stereocenters. The largest absolute Gasteiger partial charge is 0.394 e.